The summed E-state index contributed by atoms with van der Waals surface area (Å²) in [6, 6.07) is 1.81. The zero-order valence-electron chi connectivity index (χ0n) is 19.8. The quantitative estimate of drug-likeness (QED) is 0.642. The van der Waals surface area contributed by atoms with Crippen molar-refractivity contribution in [3.05, 3.63) is 64.1 Å². The number of aliphatic hydroxyl groups is 1. The van der Waals surface area contributed by atoms with Crippen molar-refractivity contribution in [3.8, 4) is 6.07 Å². The van der Waals surface area contributed by atoms with E-state index in [1.54, 1.807) is 36.1 Å². The second kappa shape index (κ2) is 9.53. The van der Waals surface area contributed by atoms with E-state index < -0.39 is 18.2 Å². The van der Waals surface area contributed by atoms with Crippen LogP contribution in [0.5, 0.6) is 0 Å². The first kappa shape index (κ1) is 24.8. The summed E-state index contributed by atoms with van der Waals surface area (Å²) in [4.78, 5) is 24.9. The molecule has 2 saturated heterocycles. The number of halogens is 3. The molecule has 2 aromatic heterocycles. The summed E-state index contributed by atoms with van der Waals surface area (Å²) in [5.74, 6) is 0.0646. The van der Waals surface area contributed by atoms with Gasteiger partial charge in [0, 0.05) is 48.5 Å². The number of amides is 1. The van der Waals surface area contributed by atoms with Gasteiger partial charge in [0.1, 0.15) is 23.1 Å². The maximum absolute atomic E-state index is 13.8. The van der Waals surface area contributed by atoms with Crippen molar-refractivity contribution in [2.45, 2.75) is 19.5 Å². The number of allylic oxidation sites excluding steroid dienone is 5. The highest BCUT2D eigenvalue weighted by molar-refractivity contribution is 6.35. The summed E-state index contributed by atoms with van der Waals surface area (Å²) in [5, 5.41) is 23.7. The van der Waals surface area contributed by atoms with E-state index in [0.717, 1.165) is 0 Å². The van der Waals surface area contributed by atoms with Crippen LogP contribution in [0, 0.1) is 24.2 Å². The van der Waals surface area contributed by atoms with Crippen LogP contribution in [0.15, 0.2) is 46.6 Å². The Balaban J connectivity index is 1.63. The molecule has 4 heterocycles. The van der Waals surface area contributed by atoms with E-state index in [1.165, 1.54) is 10.7 Å². The van der Waals surface area contributed by atoms with Gasteiger partial charge in [0.15, 0.2) is 5.65 Å². The third-order valence-electron chi connectivity index (χ3n) is 6.54. The third kappa shape index (κ3) is 4.32. The Morgan fingerprint density at radius 2 is 2.08 bits per heavy atom. The Morgan fingerprint density at radius 3 is 2.70 bits per heavy atom. The maximum atomic E-state index is 13.8. The lowest BCUT2D eigenvalue weighted by Gasteiger charge is -2.45. The number of hydrogen-bond acceptors (Lipinski definition) is 7. The van der Waals surface area contributed by atoms with Crippen LogP contribution in [0.3, 0.4) is 0 Å². The summed E-state index contributed by atoms with van der Waals surface area (Å²) in [6.45, 7) is 6.62. The minimum absolute atomic E-state index is 0.0233. The van der Waals surface area contributed by atoms with Crippen LogP contribution in [0.2, 0.25) is 0 Å². The van der Waals surface area contributed by atoms with Crippen LogP contribution in [0.4, 0.5) is 14.6 Å². The maximum Gasteiger partial charge on any atom is 0.283 e. The molecule has 0 atom stereocenters. The molecule has 1 aliphatic carbocycles. The van der Waals surface area contributed by atoms with Crippen molar-refractivity contribution < 1.29 is 18.7 Å². The summed E-state index contributed by atoms with van der Waals surface area (Å²) in [7, 11) is 0. The minimum atomic E-state index is -2.96. The molecule has 1 N–H and O–H groups in total. The van der Waals surface area contributed by atoms with Crippen LogP contribution >= 0.6 is 11.6 Å². The number of alkyl halides is 2. The first-order valence-electron chi connectivity index (χ1n) is 11.5. The van der Waals surface area contributed by atoms with Gasteiger partial charge in [-0.3, -0.25) is 9.79 Å². The fourth-order valence-electron chi connectivity index (χ4n) is 4.61. The number of aliphatic imine (C=N–C) groups is 1. The van der Waals surface area contributed by atoms with E-state index in [4.69, 9.17) is 11.6 Å². The van der Waals surface area contributed by atoms with E-state index in [0.29, 0.717) is 59.6 Å². The van der Waals surface area contributed by atoms with Gasteiger partial charge >= 0.3 is 0 Å². The molecule has 9 nitrogen and oxygen atoms in total. The predicted octanol–water partition coefficient (Wildman–Crippen LogP) is 3.15. The average molecular weight is 526 g/mol. The molecule has 0 saturated carbocycles. The molecule has 0 radical (unpaired) electrons. The molecule has 0 bridgehead atoms. The number of hydrogen-bond donors (Lipinski definition) is 1. The number of aryl methyl sites for hydroxylation is 1. The Labute approximate surface area is 216 Å². The number of carbonyl (C=O) groups excluding carboxylic acids is 1. The fraction of sp³-hybridized carbons (Fsp3) is 0.320. The molecule has 3 aliphatic rings. The molecule has 0 unspecified atom stereocenters. The lowest BCUT2D eigenvalue weighted by molar-refractivity contribution is -0.146. The van der Waals surface area contributed by atoms with Gasteiger partial charge in [-0.25, -0.2) is 13.8 Å². The molecule has 5 rings (SSSR count). The molecule has 12 heteroatoms. The number of nitriles is 1. The number of carbonyl (C=O) groups is 1. The number of aromatic nitrogens is 3. The summed E-state index contributed by atoms with van der Waals surface area (Å²) in [6.07, 6.45) is 4.86. The van der Waals surface area contributed by atoms with E-state index in [-0.39, 0.29) is 23.0 Å². The van der Waals surface area contributed by atoms with Crippen LogP contribution in [0.25, 0.3) is 11.7 Å². The highest BCUT2D eigenvalue weighted by Gasteiger charge is 2.41. The lowest BCUT2D eigenvalue weighted by atomic mass is 9.94. The first-order chi connectivity index (χ1) is 17.7. The van der Waals surface area contributed by atoms with Gasteiger partial charge in [0.2, 0.25) is 5.91 Å². The van der Waals surface area contributed by atoms with Crippen molar-refractivity contribution in [1.29, 1.82) is 5.26 Å². The second-order valence-corrected chi connectivity index (χ2v) is 9.44. The molecule has 2 aromatic rings. The van der Waals surface area contributed by atoms with E-state index >= 15 is 0 Å². The Kier molecular flexibility index (Phi) is 6.39. The molecule has 190 valence electrons. The minimum Gasteiger partial charge on any atom is -0.389 e. The smallest absolute Gasteiger partial charge is 0.283 e. The van der Waals surface area contributed by atoms with Crippen LogP contribution in [-0.2, 0) is 4.79 Å². The molecule has 2 aliphatic heterocycles. The van der Waals surface area contributed by atoms with Gasteiger partial charge in [-0.1, -0.05) is 24.3 Å². The number of aliphatic hydroxyl groups excluding tert-OH is 1. The molecule has 0 aromatic carbocycles. The highest BCUT2D eigenvalue weighted by atomic mass is 35.5. The molecule has 2 fully saturated rings. The number of fused-ring (bicyclic) bond motifs is 1. The molecule has 0 spiro atoms. The van der Waals surface area contributed by atoms with Crippen LogP contribution in [0.1, 0.15) is 28.9 Å². The molecule has 1 amide bonds. The largest absolute Gasteiger partial charge is 0.389 e. The van der Waals surface area contributed by atoms with Crippen molar-refractivity contribution in [1.82, 2.24) is 19.5 Å². The summed E-state index contributed by atoms with van der Waals surface area (Å²) in [5.41, 5.74) is 1.38. The van der Waals surface area contributed by atoms with Crippen molar-refractivity contribution >= 4 is 40.8 Å². The highest BCUT2D eigenvalue weighted by Crippen LogP contribution is 2.36. The number of likely N-dealkylation sites (tertiary alicyclic amines) is 1. The van der Waals surface area contributed by atoms with Crippen molar-refractivity contribution in [2.24, 2.45) is 10.9 Å². The van der Waals surface area contributed by atoms with Gasteiger partial charge < -0.3 is 14.9 Å². The summed E-state index contributed by atoms with van der Waals surface area (Å²) >= 11 is 6.14. The predicted molar refractivity (Wildman–Crippen MR) is 134 cm³/mol. The fourth-order valence-corrected chi connectivity index (χ4v) is 4.78. The SMILES string of the molecule is C=CN=C1C=C(Cl)C=C/C1=C\c1c(C)nc2c(C#N)c(C(F)F)nn2c1N1CC(C(=O)N2CC(O)C2)C1. The molecular weight excluding hydrogens is 504 g/mol. The molecular formula is C25H22ClF2N7O2. The van der Waals surface area contributed by atoms with E-state index in [9.17, 15) is 23.9 Å². The monoisotopic (exact) mass is 525 g/mol. The van der Waals surface area contributed by atoms with Crippen molar-refractivity contribution in [2.75, 3.05) is 31.1 Å². The normalized spacial score (nSPS) is 20.4. The van der Waals surface area contributed by atoms with Gasteiger partial charge in [-0.15, -0.1) is 0 Å². The van der Waals surface area contributed by atoms with Gasteiger partial charge in [-0.05, 0) is 25.2 Å². The second-order valence-electron chi connectivity index (χ2n) is 9.00. The zero-order chi connectivity index (χ0) is 26.4. The van der Waals surface area contributed by atoms with Crippen LogP contribution < -0.4 is 4.90 Å². The standard InChI is InChI=1S/C25H22ClF2N7O2/c1-3-30-20-7-16(26)5-4-14(20)6-18-13(2)31-23-19(8-29)21(22(27)28)32-35(23)24(18)33-9-15(10-33)25(37)34-11-17(36)12-34/h3-7,15,17,22,36H,1,9-12H2,2H3/b14-6+,30-20?. The average Bonchev–Trinajstić information content (AvgIpc) is 3.17. The van der Waals surface area contributed by atoms with Gasteiger partial charge in [0.05, 0.1) is 23.4 Å². The van der Waals surface area contributed by atoms with Gasteiger partial charge in [-0.2, -0.15) is 14.9 Å². The Bertz CT molecular complexity index is 1470. The number of nitrogens with zero attached hydrogens (tertiary/aromatic N) is 7. The number of β-amino-alcohol motifs (C(OH)–C–C–N with tert-alkyl or cyclic N) is 1. The number of anilines is 1. The van der Waals surface area contributed by atoms with Gasteiger partial charge in [0.25, 0.3) is 6.43 Å². The zero-order valence-corrected chi connectivity index (χ0v) is 20.5. The number of rotatable bonds is 5. The molecule has 37 heavy (non-hydrogen) atoms. The third-order valence-corrected chi connectivity index (χ3v) is 6.77. The topological polar surface area (TPSA) is 110 Å². The van der Waals surface area contributed by atoms with E-state index in [1.807, 2.05) is 11.0 Å². The van der Waals surface area contributed by atoms with E-state index in [2.05, 4.69) is 21.7 Å². The Hall–Kier alpha value is -3.88. The first-order valence-corrected chi connectivity index (χ1v) is 11.9. The Morgan fingerprint density at radius 1 is 1.35 bits per heavy atom. The van der Waals surface area contributed by atoms with Crippen molar-refractivity contribution in [3.63, 3.8) is 0 Å². The lowest BCUT2D eigenvalue weighted by Crippen LogP contribution is -2.61. The van der Waals surface area contributed by atoms with Crippen LogP contribution in [-0.4, -0.2) is 68.5 Å². The summed E-state index contributed by atoms with van der Waals surface area (Å²) < 4.78 is 28.8.